The Labute approximate surface area is 273 Å². The molecular formula is C34H35ClN4O6S. The van der Waals surface area contributed by atoms with Crippen molar-refractivity contribution < 1.29 is 22.9 Å². The monoisotopic (exact) mass is 662 g/mol. The van der Waals surface area contributed by atoms with E-state index in [1.807, 2.05) is 44.2 Å². The van der Waals surface area contributed by atoms with Gasteiger partial charge in [0.05, 0.1) is 15.5 Å². The van der Waals surface area contributed by atoms with Gasteiger partial charge in [0.15, 0.2) is 0 Å². The number of carbonyl (C=O) groups excluding carboxylic acids is 2. The highest BCUT2D eigenvalue weighted by Crippen LogP contribution is 2.27. The van der Waals surface area contributed by atoms with Crippen LogP contribution in [0.4, 0.5) is 11.4 Å². The van der Waals surface area contributed by atoms with Crippen LogP contribution in [0.1, 0.15) is 25.0 Å². The number of hydrogen-bond acceptors (Lipinski definition) is 6. The second-order valence-corrected chi connectivity index (χ2v) is 13.4. The minimum atomic E-state index is -4.33. The highest BCUT2D eigenvalue weighted by atomic mass is 35.5. The number of carbonyl (C=O) groups is 2. The standard InChI is InChI=1S/C34H35ClN4O6S/c1-25(2)22-36-34(41)32(21-26-10-5-3-6-11-26)37(23-27-12-9-13-28(35)20-27)33(40)24-38(29-16-18-30(19-17-29)39(42)43)46(44,45)31-14-7-4-8-15-31/h3-20,25,32H,21-24H2,1-2H3,(H,36,41). The van der Waals surface area contributed by atoms with Crippen molar-refractivity contribution >= 4 is 44.8 Å². The maximum Gasteiger partial charge on any atom is 0.269 e. The summed E-state index contributed by atoms with van der Waals surface area (Å²) in [6.07, 6.45) is 0.167. The van der Waals surface area contributed by atoms with E-state index in [1.54, 1.807) is 42.5 Å². The first-order chi connectivity index (χ1) is 22.0. The molecule has 0 aromatic heterocycles. The van der Waals surface area contributed by atoms with Gasteiger partial charge in [0, 0.05) is 36.7 Å². The molecule has 0 heterocycles. The van der Waals surface area contributed by atoms with Crippen molar-refractivity contribution in [3.63, 3.8) is 0 Å². The number of nitrogens with zero attached hydrogens (tertiary/aromatic N) is 3. The van der Waals surface area contributed by atoms with Crippen molar-refractivity contribution in [2.24, 2.45) is 5.92 Å². The Bertz CT molecular complexity index is 1750. The van der Waals surface area contributed by atoms with Crippen LogP contribution in [-0.2, 0) is 32.6 Å². The third kappa shape index (κ3) is 8.92. The number of sulfonamides is 1. The zero-order chi connectivity index (χ0) is 33.3. The summed E-state index contributed by atoms with van der Waals surface area (Å²) in [7, 11) is -4.33. The molecule has 1 atom stereocenters. The molecule has 0 aliphatic carbocycles. The van der Waals surface area contributed by atoms with Gasteiger partial charge in [0.1, 0.15) is 12.6 Å². The van der Waals surface area contributed by atoms with Crippen molar-refractivity contribution in [3.8, 4) is 0 Å². The summed E-state index contributed by atoms with van der Waals surface area (Å²) >= 11 is 6.27. The van der Waals surface area contributed by atoms with Crippen LogP contribution in [0.15, 0.2) is 114 Å². The number of nitro groups is 1. The van der Waals surface area contributed by atoms with Crippen molar-refractivity contribution in [1.82, 2.24) is 10.2 Å². The minimum Gasteiger partial charge on any atom is -0.354 e. The van der Waals surface area contributed by atoms with E-state index in [4.69, 9.17) is 11.6 Å². The number of anilines is 1. The number of nitro benzene ring substituents is 1. The molecule has 46 heavy (non-hydrogen) atoms. The molecule has 0 fully saturated rings. The first-order valence-corrected chi connectivity index (χ1v) is 16.5. The molecule has 0 spiro atoms. The highest BCUT2D eigenvalue weighted by molar-refractivity contribution is 7.92. The molecule has 1 N–H and O–H groups in total. The molecule has 2 amide bonds. The molecule has 0 aliphatic rings. The molecule has 12 heteroatoms. The Morgan fingerprint density at radius 3 is 2.07 bits per heavy atom. The third-order valence-corrected chi connectivity index (χ3v) is 9.18. The molecule has 0 radical (unpaired) electrons. The Hall–Kier alpha value is -4.74. The smallest absolute Gasteiger partial charge is 0.269 e. The molecule has 0 saturated carbocycles. The van der Waals surface area contributed by atoms with E-state index in [-0.39, 0.29) is 41.1 Å². The van der Waals surface area contributed by atoms with Crippen molar-refractivity contribution in [1.29, 1.82) is 0 Å². The fourth-order valence-corrected chi connectivity index (χ4v) is 6.45. The van der Waals surface area contributed by atoms with Crippen LogP contribution >= 0.6 is 11.6 Å². The summed E-state index contributed by atoms with van der Waals surface area (Å²) < 4.78 is 28.9. The van der Waals surface area contributed by atoms with Gasteiger partial charge in [-0.2, -0.15) is 0 Å². The third-order valence-electron chi connectivity index (χ3n) is 7.16. The number of non-ortho nitro benzene ring substituents is 1. The first kappa shape index (κ1) is 34.1. The van der Waals surface area contributed by atoms with Gasteiger partial charge in [-0.25, -0.2) is 8.42 Å². The summed E-state index contributed by atoms with van der Waals surface area (Å²) in [6.45, 7) is 3.57. The van der Waals surface area contributed by atoms with E-state index >= 15 is 0 Å². The second-order valence-electron chi connectivity index (χ2n) is 11.1. The van der Waals surface area contributed by atoms with E-state index in [1.165, 1.54) is 41.3 Å². The lowest BCUT2D eigenvalue weighted by Crippen LogP contribution is -2.53. The van der Waals surface area contributed by atoms with Gasteiger partial charge in [-0.1, -0.05) is 86.1 Å². The van der Waals surface area contributed by atoms with Gasteiger partial charge in [-0.15, -0.1) is 0 Å². The summed E-state index contributed by atoms with van der Waals surface area (Å²) in [5, 5.41) is 14.7. The number of benzene rings is 4. The lowest BCUT2D eigenvalue weighted by atomic mass is 10.0. The van der Waals surface area contributed by atoms with Gasteiger partial charge < -0.3 is 10.2 Å². The van der Waals surface area contributed by atoms with Crippen molar-refractivity contribution in [2.45, 2.75) is 37.8 Å². The molecule has 4 aromatic rings. The topological polar surface area (TPSA) is 130 Å². The van der Waals surface area contributed by atoms with E-state index in [2.05, 4.69) is 5.32 Å². The maximum absolute atomic E-state index is 14.4. The van der Waals surface area contributed by atoms with Crippen LogP contribution in [0.2, 0.25) is 5.02 Å². The second kappa shape index (κ2) is 15.5. The van der Waals surface area contributed by atoms with Crippen molar-refractivity contribution in [2.75, 3.05) is 17.4 Å². The Morgan fingerprint density at radius 2 is 1.48 bits per heavy atom. The molecular weight excluding hydrogens is 628 g/mol. The molecule has 0 aliphatic heterocycles. The zero-order valence-electron chi connectivity index (χ0n) is 25.5. The molecule has 0 bridgehead atoms. The summed E-state index contributed by atoms with van der Waals surface area (Å²) in [5.41, 5.74) is 1.26. The number of hydrogen-bond donors (Lipinski definition) is 1. The van der Waals surface area contributed by atoms with E-state index in [0.717, 1.165) is 9.87 Å². The SMILES string of the molecule is CC(C)CNC(=O)C(Cc1ccccc1)N(Cc1cccc(Cl)c1)C(=O)CN(c1ccc([N+](=O)[O-])cc1)S(=O)(=O)c1ccccc1. The molecule has 4 aromatic carbocycles. The quantitative estimate of drug-likeness (QED) is 0.133. The summed E-state index contributed by atoms with van der Waals surface area (Å²) in [4.78, 5) is 40.3. The molecule has 240 valence electrons. The van der Waals surface area contributed by atoms with E-state index in [0.29, 0.717) is 17.1 Å². The number of halogens is 1. The number of rotatable bonds is 14. The van der Waals surface area contributed by atoms with E-state index in [9.17, 15) is 28.1 Å². The molecule has 1 unspecified atom stereocenters. The normalized spacial score (nSPS) is 11.9. The lowest BCUT2D eigenvalue weighted by Gasteiger charge is -2.34. The Kier molecular flexibility index (Phi) is 11.5. The maximum atomic E-state index is 14.4. The number of nitrogens with one attached hydrogen (secondary N) is 1. The largest absolute Gasteiger partial charge is 0.354 e. The van der Waals surface area contributed by atoms with Crippen molar-refractivity contribution in [3.05, 3.63) is 135 Å². The van der Waals surface area contributed by atoms with E-state index < -0.39 is 33.4 Å². The summed E-state index contributed by atoms with van der Waals surface area (Å²) in [5.74, 6) is -0.897. The Morgan fingerprint density at radius 1 is 0.870 bits per heavy atom. The molecule has 0 saturated heterocycles. The molecule has 10 nitrogen and oxygen atoms in total. The first-order valence-electron chi connectivity index (χ1n) is 14.6. The Balaban J connectivity index is 1.80. The van der Waals surface area contributed by atoms with Gasteiger partial charge in [0.25, 0.3) is 15.7 Å². The average molecular weight is 663 g/mol. The predicted molar refractivity (Wildman–Crippen MR) is 178 cm³/mol. The van der Waals surface area contributed by atoms with Crippen LogP contribution < -0.4 is 9.62 Å². The van der Waals surface area contributed by atoms with Gasteiger partial charge in [-0.05, 0) is 53.4 Å². The summed E-state index contributed by atoms with van der Waals surface area (Å²) in [6, 6.07) is 27.6. The van der Waals surface area contributed by atoms with Crippen LogP contribution in [0.25, 0.3) is 0 Å². The number of amides is 2. The van der Waals surface area contributed by atoms with Gasteiger partial charge in [0.2, 0.25) is 11.8 Å². The van der Waals surface area contributed by atoms with Gasteiger partial charge in [-0.3, -0.25) is 24.0 Å². The zero-order valence-corrected chi connectivity index (χ0v) is 27.0. The fraction of sp³-hybridized carbons (Fsp3) is 0.235. The van der Waals surface area contributed by atoms with Crippen LogP contribution in [0.5, 0.6) is 0 Å². The highest BCUT2D eigenvalue weighted by Gasteiger charge is 2.34. The van der Waals surface area contributed by atoms with Crippen LogP contribution in [-0.4, -0.2) is 49.2 Å². The molecule has 4 rings (SSSR count). The lowest BCUT2D eigenvalue weighted by molar-refractivity contribution is -0.384. The predicted octanol–water partition coefficient (Wildman–Crippen LogP) is 5.86. The van der Waals surface area contributed by atoms with Crippen LogP contribution in [0, 0.1) is 16.0 Å². The average Bonchev–Trinajstić information content (AvgIpc) is 3.05. The van der Waals surface area contributed by atoms with Crippen LogP contribution in [0.3, 0.4) is 0 Å². The minimum absolute atomic E-state index is 0.0362. The fourth-order valence-electron chi connectivity index (χ4n) is 4.80. The van der Waals surface area contributed by atoms with Gasteiger partial charge >= 0.3 is 0 Å².